The van der Waals surface area contributed by atoms with Crippen LogP contribution in [0.25, 0.3) is 0 Å². The Kier molecular flexibility index (Phi) is 7.27. The summed E-state index contributed by atoms with van der Waals surface area (Å²) >= 11 is 5.68. The first-order chi connectivity index (χ1) is 13.6. The van der Waals surface area contributed by atoms with Crippen molar-refractivity contribution in [2.24, 2.45) is 0 Å². The number of thiophene rings is 2. The molecule has 3 rings (SSSR count). The largest absolute Gasteiger partial charge is 0.462 e. The van der Waals surface area contributed by atoms with E-state index in [2.05, 4.69) is 33.0 Å². The lowest BCUT2D eigenvalue weighted by molar-refractivity contribution is 0.0531. The van der Waals surface area contributed by atoms with E-state index in [9.17, 15) is 10.1 Å². The molecule has 3 N–H and O–H groups in total. The topological polar surface area (TPSA) is 114 Å². The average molecular weight is 452 g/mol. The molecule has 7 nitrogen and oxygen atoms in total. The maximum absolute atomic E-state index is 12.2. The Bertz CT molecular complexity index is 974. The molecule has 0 atom stereocenters. The van der Waals surface area contributed by atoms with Crippen LogP contribution in [0.2, 0.25) is 0 Å². The fourth-order valence-electron chi connectivity index (χ4n) is 2.33. The molecule has 0 aliphatic heterocycles. The van der Waals surface area contributed by atoms with Crippen molar-refractivity contribution in [3.05, 3.63) is 38.4 Å². The SMILES string of the molecule is CCOC(=O)c1sc(N)c(C#N)c1CSc1nnc(NCCc2cccs2)s1. The van der Waals surface area contributed by atoms with Gasteiger partial charge in [-0.2, -0.15) is 5.26 Å². The van der Waals surface area contributed by atoms with Crippen LogP contribution >= 0.6 is 45.8 Å². The van der Waals surface area contributed by atoms with Gasteiger partial charge in [0.1, 0.15) is 15.9 Å². The molecular weight excluding hydrogens is 434 g/mol. The molecule has 0 fully saturated rings. The monoisotopic (exact) mass is 451 g/mol. The number of esters is 1. The summed E-state index contributed by atoms with van der Waals surface area (Å²) < 4.78 is 5.83. The van der Waals surface area contributed by atoms with Gasteiger partial charge in [0, 0.05) is 22.7 Å². The quantitative estimate of drug-likeness (QED) is 0.367. The van der Waals surface area contributed by atoms with Gasteiger partial charge < -0.3 is 15.8 Å². The van der Waals surface area contributed by atoms with E-state index in [0.717, 1.165) is 33.8 Å². The number of rotatable bonds is 9. The number of ether oxygens (including phenoxy) is 1. The number of aromatic nitrogens is 2. The molecule has 3 aromatic rings. The first kappa shape index (κ1) is 20.6. The Morgan fingerprint density at radius 2 is 2.29 bits per heavy atom. The van der Waals surface area contributed by atoms with Crippen LogP contribution in [0.4, 0.5) is 10.1 Å². The highest BCUT2D eigenvalue weighted by molar-refractivity contribution is 8.00. The highest BCUT2D eigenvalue weighted by atomic mass is 32.2. The number of carbonyl (C=O) groups excluding carboxylic acids is 1. The average Bonchev–Trinajstić information content (AvgIpc) is 3.41. The van der Waals surface area contributed by atoms with Crippen molar-refractivity contribution in [2.75, 3.05) is 24.2 Å². The Hall–Kier alpha value is -2.13. The highest BCUT2D eigenvalue weighted by Crippen LogP contribution is 2.36. The van der Waals surface area contributed by atoms with Gasteiger partial charge in [0.25, 0.3) is 0 Å². The van der Waals surface area contributed by atoms with Crippen LogP contribution in [0.3, 0.4) is 0 Å². The molecule has 0 unspecified atom stereocenters. The van der Waals surface area contributed by atoms with Crippen LogP contribution in [0, 0.1) is 11.3 Å². The molecule has 3 aromatic heterocycles. The normalized spacial score (nSPS) is 10.6. The van der Waals surface area contributed by atoms with E-state index >= 15 is 0 Å². The van der Waals surface area contributed by atoms with Gasteiger partial charge in [0.05, 0.1) is 12.2 Å². The highest BCUT2D eigenvalue weighted by Gasteiger charge is 2.23. The molecule has 146 valence electrons. The molecule has 3 heterocycles. The minimum atomic E-state index is -0.454. The summed E-state index contributed by atoms with van der Waals surface area (Å²) in [5, 5.41) is 24.1. The van der Waals surface area contributed by atoms with Gasteiger partial charge in [0.2, 0.25) is 5.13 Å². The summed E-state index contributed by atoms with van der Waals surface area (Å²) in [6.07, 6.45) is 0.933. The maximum atomic E-state index is 12.2. The van der Waals surface area contributed by atoms with Gasteiger partial charge in [-0.1, -0.05) is 29.2 Å². The fraction of sp³-hybridized carbons (Fsp3) is 0.294. The summed E-state index contributed by atoms with van der Waals surface area (Å²) in [5.74, 6) is -0.0568. The molecule has 28 heavy (non-hydrogen) atoms. The summed E-state index contributed by atoms with van der Waals surface area (Å²) in [7, 11) is 0. The number of hydrogen-bond acceptors (Lipinski definition) is 11. The van der Waals surface area contributed by atoms with Crippen LogP contribution in [-0.2, 0) is 16.9 Å². The van der Waals surface area contributed by atoms with Crippen LogP contribution < -0.4 is 11.1 Å². The second-order valence-electron chi connectivity index (χ2n) is 5.40. The Morgan fingerprint density at radius 3 is 3.00 bits per heavy atom. The molecule has 0 saturated carbocycles. The third-order valence-corrected chi connectivity index (χ3v) is 7.60. The van der Waals surface area contributed by atoms with Crippen molar-refractivity contribution in [1.82, 2.24) is 10.2 Å². The number of carbonyl (C=O) groups is 1. The van der Waals surface area contributed by atoms with E-state index in [-0.39, 0.29) is 6.61 Å². The smallest absolute Gasteiger partial charge is 0.348 e. The Labute approximate surface area is 178 Å². The van der Waals surface area contributed by atoms with E-state index in [4.69, 9.17) is 10.5 Å². The summed E-state index contributed by atoms with van der Waals surface area (Å²) in [5.41, 5.74) is 6.83. The van der Waals surface area contributed by atoms with Crippen LogP contribution in [0.15, 0.2) is 21.9 Å². The summed E-state index contributed by atoms with van der Waals surface area (Å²) in [4.78, 5) is 13.9. The van der Waals surface area contributed by atoms with E-state index < -0.39 is 5.97 Å². The lowest BCUT2D eigenvalue weighted by Crippen LogP contribution is -2.05. The van der Waals surface area contributed by atoms with Gasteiger partial charge in [0.15, 0.2) is 4.34 Å². The standard InChI is InChI=1S/C17H17N5O2S4/c1-2-24-15(23)13-12(11(8-18)14(19)27-13)9-26-17-22-21-16(28-17)20-6-5-10-4-3-7-25-10/h3-4,7H,2,5-6,9,19H2,1H3,(H,20,21). The van der Waals surface area contributed by atoms with Gasteiger partial charge in [-0.05, 0) is 24.8 Å². The number of anilines is 2. The second-order valence-corrected chi connectivity index (χ2v) is 9.68. The Balaban J connectivity index is 1.62. The predicted octanol–water partition coefficient (Wildman–Crippen LogP) is 4.24. The van der Waals surface area contributed by atoms with E-state index in [1.165, 1.54) is 28.0 Å². The zero-order chi connectivity index (χ0) is 19.9. The number of nitrogen functional groups attached to an aromatic ring is 1. The molecule has 0 aromatic carbocycles. The molecule has 0 amide bonds. The van der Waals surface area contributed by atoms with Crippen LogP contribution in [0.5, 0.6) is 0 Å². The zero-order valence-electron chi connectivity index (χ0n) is 14.9. The number of nitriles is 1. The maximum Gasteiger partial charge on any atom is 0.348 e. The molecule has 0 saturated heterocycles. The molecule has 0 spiro atoms. The van der Waals surface area contributed by atoms with Crippen molar-refractivity contribution in [3.63, 3.8) is 0 Å². The van der Waals surface area contributed by atoms with Crippen molar-refractivity contribution in [2.45, 2.75) is 23.4 Å². The molecule has 0 aliphatic rings. The van der Waals surface area contributed by atoms with Crippen LogP contribution in [-0.4, -0.2) is 29.3 Å². The first-order valence-electron chi connectivity index (χ1n) is 8.33. The minimum Gasteiger partial charge on any atom is -0.462 e. The van der Waals surface area contributed by atoms with Crippen molar-refractivity contribution < 1.29 is 9.53 Å². The Morgan fingerprint density at radius 1 is 1.43 bits per heavy atom. The number of hydrogen-bond donors (Lipinski definition) is 2. The van der Waals surface area contributed by atoms with E-state index in [0.29, 0.717) is 26.8 Å². The number of nitrogens with zero attached hydrogens (tertiary/aromatic N) is 3. The van der Waals surface area contributed by atoms with Gasteiger partial charge in [-0.25, -0.2) is 4.79 Å². The molecule has 0 bridgehead atoms. The second kappa shape index (κ2) is 9.88. The van der Waals surface area contributed by atoms with Crippen LogP contribution in [0.1, 0.15) is 32.6 Å². The van der Waals surface area contributed by atoms with E-state index in [1.807, 2.05) is 6.07 Å². The zero-order valence-corrected chi connectivity index (χ0v) is 18.2. The molecular formula is C17H17N5O2S4. The minimum absolute atomic E-state index is 0.266. The summed E-state index contributed by atoms with van der Waals surface area (Å²) in [6.45, 7) is 2.79. The number of nitrogens with two attached hydrogens (primary N) is 1. The van der Waals surface area contributed by atoms with Gasteiger partial charge in [-0.3, -0.25) is 0 Å². The molecule has 0 radical (unpaired) electrons. The van der Waals surface area contributed by atoms with E-state index in [1.54, 1.807) is 18.3 Å². The van der Waals surface area contributed by atoms with Gasteiger partial charge in [-0.15, -0.1) is 32.9 Å². The summed E-state index contributed by atoms with van der Waals surface area (Å²) in [6, 6.07) is 6.23. The lowest BCUT2D eigenvalue weighted by atomic mass is 10.2. The fourth-order valence-corrected chi connectivity index (χ4v) is 5.87. The third-order valence-electron chi connectivity index (χ3n) is 3.58. The lowest BCUT2D eigenvalue weighted by Gasteiger charge is -2.03. The molecule has 11 heteroatoms. The number of thioether (sulfide) groups is 1. The third kappa shape index (κ3) is 5.02. The van der Waals surface area contributed by atoms with Crippen molar-refractivity contribution in [3.8, 4) is 6.07 Å². The van der Waals surface area contributed by atoms with Crippen molar-refractivity contribution in [1.29, 1.82) is 5.26 Å². The number of nitrogens with one attached hydrogen (secondary N) is 1. The molecule has 0 aliphatic carbocycles. The predicted molar refractivity (Wildman–Crippen MR) is 115 cm³/mol. The van der Waals surface area contributed by atoms with Gasteiger partial charge >= 0.3 is 5.97 Å². The first-order valence-corrected chi connectivity index (χ1v) is 11.8. The van der Waals surface area contributed by atoms with Crippen molar-refractivity contribution >= 4 is 61.9 Å².